The fourth-order valence-electron chi connectivity index (χ4n) is 1.42. The lowest BCUT2D eigenvalue weighted by Gasteiger charge is -2.08. The highest BCUT2D eigenvalue weighted by atomic mass is 79.9. The molecule has 0 amide bonds. The van der Waals surface area contributed by atoms with Gasteiger partial charge in [-0.15, -0.1) is 0 Å². The van der Waals surface area contributed by atoms with E-state index in [2.05, 4.69) is 15.9 Å². The number of nitrogens with two attached hydrogens (primary N) is 1. The van der Waals surface area contributed by atoms with E-state index < -0.39 is 5.82 Å². The Kier molecular flexibility index (Phi) is 3.64. The summed E-state index contributed by atoms with van der Waals surface area (Å²) >= 11 is 3.37. The third-order valence-corrected chi connectivity index (χ3v) is 2.73. The summed E-state index contributed by atoms with van der Waals surface area (Å²) in [6.45, 7) is 0.320. The number of anilines is 1. The predicted octanol–water partition coefficient (Wildman–Crippen LogP) is 3.75. The largest absolute Gasteiger partial charge is 0.486 e. The Morgan fingerprint density at radius 1 is 1.18 bits per heavy atom. The molecule has 0 saturated carbocycles. The SMILES string of the molecule is Nc1ccc(OCc2cccc(Br)c2)c(F)c1. The van der Waals surface area contributed by atoms with Gasteiger partial charge in [0.25, 0.3) is 0 Å². The molecule has 0 unspecified atom stereocenters. The van der Waals surface area contributed by atoms with E-state index in [0.29, 0.717) is 12.3 Å². The second-order valence-corrected chi connectivity index (χ2v) is 4.52. The van der Waals surface area contributed by atoms with Crippen LogP contribution < -0.4 is 10.5 Å². The predicted molar refractivity (Wildman–Crippen MR) is 69.3 cm³/mol. The Hall–Kier alpha value is -1.55. The first-order valence-corrected chi connectivity index (χ1v) is 5.87. The van der Waals surface area contributed by atoms with Crippen molar-refractivity contribution in [2.75, 3.05) is 5.73 Å². The van der Waals surface area contributed by atoms with Gasteiger partial charge < -0.3 is 10.5 Å². The van der Waals surface area contributed by atoms with Crippen molar-refractivity contribution in [3.63, 3.8) is 0 Å². The molecule has 0 aliphatic rings. The van der Waals surface area contributed by atoms with Gasteiger partial charge in [-0.2, -0.15) is 0 Å². The average Bonchev–Trinajstić information content (AvgIpc) is 2.28. The van der Waals surface area contributed by atoms with Crippen LogP contribution in [0.4, 0.5) is 10.1 Å². The molecule has 4 heteroatoms. The molecular weight excluding hydrogens is 285 g/mol. The molecule has 0 bridgehead atoms. The van der Waals surface area contributed by atoms with Crippen LogP contribution in [-0.4, -0.2) is 0 Å². The molecule has 0 aliphatic heterocycles. The van der Waals surface area contributed by atoms with Gasteiger partial charge >= 0.3 is 0 Å². The van der Waals surface area contributed by atoms with Gasteiger partial charge in [-0.25, -0.2) is 4.39 Å². The van der Waals surface area contributed by atoms with Crippen molar-refractivity contribution in [3.05, 3.63) is 58.3 Å². The molecule has 0 fully saturated rings. The van der Waals surface area contributed by atoms with Gasteiger partial charge in [0.15, 0.2) is 11.6 Å². The Balaban J connectivity index is 2.07. The fourth-order valence-corrected chi connectivity index (χ4v) is 1.87. The van der Waals surface area contributed by atoms with Crippen LogP contribution in [0.5, 0.6) is 5.75 Å². The van der Waals surface area contributed by atoms with Crippen molar-refractivity contribution in [1.29, 1.82) is 0 Å². The molecule has 2 rings (SSSR count). The van der Waals surface area contributed by atoms with Gasteiger partial charge in [-0.3, -0.25) is 0 Å². The second-order valence-electron chi connectivity index (χ2n) is 3.61. The first kappa shape index (κ1) is 11.9. The topological polar surface area (TPSA) is 35.2 Å². The van der Waals surface area contributed by atoms with Gasteiger partial charge in [-0.05, 0) is 29.8 Å². The maximum Gasteiger partial charge on any atom is 0.167 e. The first-order chi connectivity index (χ1) is 8.15. The molecule has 2 aromatic rings. The van der Waals surface area contributed by atoms with Crippen LogP contribution in [0.25, 0.3) is 0 Å². The van der Waals surface area contributed by atoms with Crippen molar-refractivity contribution in [3.8, 4) is 5.75 Å². The number of hydrogen-bond donors (Lipinski definition) is 1. The Morgan fingerprint density at radius 3 is 2.71 bits per heavy atom. The van der Waals surface area contributed by atoms with Crippen LogP contribution in [0.2, 0.25) is 0 Å². The zero-order valence-electron chi connectivity index (χ0n) is 8.99. The smallest absolute Gasteiger partial charge is 0.167 e. The minimum Gasteiger partial charge on any atom is -0.486 e. The highest BCUT2D eigenvalue weighted by molar-refractivity contribution is 9.10. The minimum atomic E-state index is -0.444. The monoisotopic (exact) mass is 295 g/mol. The lowest BCUT2D eigenvalue weighted by molar-refractivity contribution is 0.290. The summed E-state index contributed by atoms with van der Waals surface area (Å²) in [4.78, 5) is 0. The fraction of sp³-hybridized carbons (Fsp3) is 0.0769. The van der Waals surface area contributed by atoms with E-state index >= 15 is 0 Å². The zero-order valence-corrected chi connectivity index (χ0v) is 10.6. The van der Waals surface area contributed by atoms with Gasteiger partial charge in [0, 0.05) is 16.2 Å². The standard InChI is InChI=1S/C13H11BrFNO/c14-10-3-1-2-9(6-10)8-17-13-5-4-11(16)7-12(13)15/h1-7H,8,16H2. The number of ether oxygens (including phenoxy) is 1. The first-order valence-electron chi connectivity index (χ1n) is 5.07. The molecule has 17 heavy (non-hydrogen) atoms. The molecule has 0 saturated heterocycles. The molecule has 0 aromatic heterocycles. The average molecular weight is 296 g/mol. The third-order valence-electron chi connectivity index (χ3n) is 2.24. The Labute approximate surface area is 107 Å². The molecule has 0 radical (unpaired) electrons. The summed E-state index contributed by atoms with van der Waals surface area (Å²) in [5.41, 5.74) is 6.81. The quantitative estimate of drug-likeness (QED) is 0.875. The van der Waals surface area contributed by atoms with E-state index in [4.69, 9.17) is 10.5 Å². The highest BCUT2D eigenvalue weighted by Gasteiger charge is 2.04. The number of rotatable bonds is 3. The normalized spacial score (nSPS) is 10.2. The highest BCUT2D eigenvalue weighted by Crippen LogP contribution is 2.21. The summed E-state index contributed by atoms with van der Waals surface area (Å²) in [6.07, 6.45) is 0. The number of benzene rings is 2. The summed E-state index contributed by atoms with van der Waals surface area (Å²) < 4.78 is 19.8. The molecule has 0 spiro atoms. The van der Waals surface area contributed by atoms with Crippen molar-refractivity contribution in [1.82, 2.24) is 0 Å². The van der Waals surface area contributed by atoms with Crippen molar-refractivity contribution in [2.24, 2.45) is 0 Å². The van der Waals surface area contributed by atoms with E-state index in [1.807, 2.05) is 24.3 Å². The van der Waals surface area contributed by atoms with Gasteiger partial charge in [-0.1, -0.05) is 28.1 Å². The molecule has 2 nitrogen and oxygen atoms in total. The van der Waals surface area contributed by atoms with Gasteiger partial charge in [0.2, 0.25) is 0 Å². The summed E-state index contributed by atoms with van der Waals surface area (Å²) in [7, 11) is 0. The zero-order chi connectivity index (χ0) is 12.3. The molecule has 2 aromatic carbocycles. The number of hydrogen-bond acceptors (Lipinski definition) is 2. The van der Waals surface area contributed by atoms with Crippen molar-refractivity contribution < 1.29 is 9.13 Å². The molecule has 2 N–H and O–H groups in total. The maximum absolute atomic E-state index is 13.4. The molecule has 88 valence electrons. The Bertz CT molecular complexity index is 531. The van der Waals surface area contributed by atoms with E-state index in [9.17, 15) is 4.39 Å². The molecule has 0 heterocycles. The molecule has 0 aliphatic carbocycles. The van der Waals surface area contributed by atoms with Crippen LogP contribution in [-0.2, 0) is 6.61 Å². The van der Waals surface area contributed by atoms with Gasteiger partial charge in [0.1, 0.15) is 6.61 Å². The van der Waals surface area contributed by atoms with E-state index in [-0.39, 0.29) is 5.75 Å². The van der Waals surface area contributed by atoms with Crippen molar-refractivity contribution in [2.45, 2.75) is 6.61 Å². The molecule has 0 atom stereocenters. The lowest BCUT2D eigenvalue weighted by atomic mass is 10.2. The summed E-state index contributed by atoms with van der Waals surface area (Å²) in [5.74, 6) is -0.237. The van der Waals surface area contributed by atoms with Crippen LogP contribution in [0.3, 0.4) is 0 Å². The van der Waals surface area contributed by atoms with E-state index in [0.717, 1.165) is 10.0 Å². The van der Waals surface area contributed by atoms with Crippen LogP contribution in [0.1, 0.15) is 5.56 Å². The van der Waals surface area contributed by atoms with E-state index in [1.165, 1.54) is 12.1 Å². The number of halogens is 2. The number of nitrogen functional groups attached to an aromatic ring is 1. The van der Waals surface area contributed by atoms with Crippen LogP contribution >= 0.6 is 15.9 Å². The molecular formula is C13H11BrFNO. The third kappa shape index (κ3) is 3.20. The minimum absolute atomic E-state index is 0.208. The lowest BCUT2D eigenvalue weighted by Crippen LogP contribution is -1.98. The summed E-state index contributed by atoms with van der Waals surface area (Å²) in [6, 6.07) is 12.1. The van der Waals surface area contributed by atoms with Crippen molar-refractivity contribution >= 4 is 21.6 Å². The Morgan fingerprint density at radius 2 is 2.00 bits per heavy atom. The van der Waals surface area contributed by atoms with E-state index in [1.54, 1.807) is 6.07 Å². The maximum atomic E-state index is 13.4. The van der Waals surface area contributed by atoms with Gasteiger partial charge in [0.05, 0.1) is 0 Å². The summed E-state index contributed by atoms with van der Waals surface area (Å²) in [5, 5.41) is 0. The second kappa shape index (κ2) is 5.19. The van der Waals surface area contributed by atoms with Crippen LogP contribution in [0, 0.1) is 5.82 Å². The van der Waals surface area contributed by atoms with Crippen LogP contribution in [0.15, 0.2) is 46.9 Å².